The van der Waals surface area contributed by atoms with Gasteiger partial charge in [0.05, 0.1) is 0 Å². The van der Waals surface area contributed by atoms with Crippen LogP contribution in [0.1, 0.15) is 37.5 Å². The number of hydrogen-bond donors (Lipinski definition) is 1. The molecule has 0 aliphatic carbocycles. The Labute approximate surface area is 132 Å². The molecule has 0 aliphatic heterocycles. The fraction of sp³-hybridized carbons (Fsp3) is 0.263. The van der Waals surface area contributed by atoms with Crippen molar-refractivity contribution >= 4 is 17.8 Å². The van der Waals surface area contributed by atoms with Crippen LogP contribution in [0.2, 0.25) is 0 Å². The third-order valence-electron chi connectivity index (χ3n) is 3.37. The van der Waals surface area contributed by atoms with Gasteiger partial charge in [-0.2, -0.15) is 0 Å². The Kier molecular flexibility index (Phi) is 4.76. The van der Waals surface area contributed by atoms with E-state index in [-0.39, 0.29) is 11.3 Å². The molecule has 22 heavy (non-hydrogen) atoms. The highest BCUT2D eigenvalue weighted by Crippen LogP contribution is 2.22. The van der Waals surface area contributed by atoms with Gasteiger partial charge < -0.3 is 5.32 Å². The fourth-order valence-electron chi connectivity index (χ4n) is 1.98. The van der Waals surface area contributed by atoms with Crippen molar-refractivity contribution in [3.05, 3.63) is 65.4 Å². The lowest BCUT2D eigenvalue weighted by Gasteiger charge is -2.18. The van der Waals surface area contributed by atoms with Gasteiger partial charge in [-0.05, 0) is 41.2 Å². The molecule has 0 aliphatic rings. The molecular formula is C19H22N2O. The molecule has 0 spiro atoms. The Bertz CT molecular complexity index is 662. The summed E-state index contributed by atoms with van der Waals surface area (Å²) in [5.41, 5.74) is 3.47. The second-order valence-corrected chi connectivity index (χ2v) is 6.42. The van der Waals surface area contributed by atoms with E-state index in [9.17, 15) is 4.79 Å². The summed E-state index contributed by atoms with van der Waals surface area (Å²) < 4.78 is 0. The molecule has 3 heteroatoms. The van der Waals surface area contributed by atoms with Gasteiger partial charge in [-0.3, -0.25) is 4.79 Å². The van der Waals surface area contributed by atoms with E-state index in [2.05, 4.69) is 43.2 Å². The maximum atomic E-state index is 11.9. The summed E-state index contributed by atoms with van der Waals surface area (Å²) in [6, 6.07) is 11.9. The van der Waals surface area contributed by atoms with Crippen LogP contribution in [-0.4, -0.2) is 10.9 Å². The van der Waals surface area contributed by atoms with Crippen molar-refractivity contribution in [2.75, 3.05) is 5.32 Å². The molecule has 1 aromatic carbocycles. The third-order valence-corrected chi connectivity index (χ3v) is 3.37. The molecule has 1 aromatic heterocycles. The number of amides is 1. The van der Waals surface area contributed by atoms with Crippen molar-refractivity contribution in [3.8, 4) is 0 Å². The molecule has 0 unspecified atom stereocenters. The Morgan fingerprint density at radius 1 is 1.09 bits per heavy atom. The monoisotopic (exact) mass is 294 g/mol. The Morgan fingerprint density at radius 2 is 1.77 bits per heavy atom. The molecule has 0 bridgehead atoms. The largest absolute Gasteiger partial charge is 0.307 e. The SMILES string of the molecule is Cc1ccc(NC(=O)C=Cc2ccc(C(C)(C)C)cc2)nc1. The van der Waals surface area contributed by atoms with Gasteiger partial charge in [0.2, 0.25) is 5.91 Å². The molecular weight excluding hydrogens is 272 g/mol. The van der Waals surface area contributed by atoms with Gasteiger partial charge in [0, 0.05) is 12.3 Å². The zero-order valence-electron chi connectivity index (χ0n) is 13.6. The highest BCUT2D eigenvalue weighted by molar-refractivity contribution is 6.01. The molecule has 0 saturated heterocycles. The number of nitrogens with zero attached hydrogens (tertiary/aromatic N) is 1. The summed E-state index contributed by atoms with van der Waals surface area (Å²) in [6.45, 7) is 8.50. The smallest absolute Gasteiger partial charge is 0.249 e. The molecule has 114 valence electrons. The molecule has 1 amide bonds. The number of anilines is 1. The van der Waals surface area contributed by atoms with Gasteiger partial charge in [-0.1, -0.05) is 51.1 Å². The maximum absolute atomic E-state index is 11.9. The van der Waals surface area contributed by atoms with E-state index in [1.807, 2.05) is 25.1 Å². The number of nitrogens with one attached hydrogen (secondary N) is 1. The first kappa shape index (κ1) is 16.0. The standard InChI is InChI=1S/C19H22N2O/c1-14-5-11-17(20-13-14)21-18(22)12-8-15-6-9-16(10-7-15)19(2,3)4/h5-13H,1-4H3,(H,20,21,22). The predicted molar refractivity (Wildman–Crippen MR) is 91.8 cm³/mol. The summed E-state index contributed by atoms with van der Waals surface area (Å²) in [5, 5.41) is 2.74. The molecule has 0 radical (unpaired) electrons. The first-order valence-corrected chi connectivity index (χ1v) is 7.37. The van der Waals surface area contributed by atoms with Crippen molar-refractivity contribution in [2.45, 2.75) is 33.1 Å². The zero-order chi connectivity index (χ0) is 16.2. The third kappa shape index (κ3) is 4.55. The highest BCUT2D eigenvalue weighted by Gasteiger charge is 2.12. The molecule has 1 N–H and O–H groups in total. The van der Waals surface area contributed by atoms with Crippen LogP contribution in [0.4, 0.5) is 5.82 Å². The number of aromatic nitrogens is 1. The summed E-state index contributed by atoms with van der Waals surface area (Å²) in [5.74, 6) is 0.375. The zero-order valence-corrected chi connectivity index (χ0v) is 13.6. The lowest BCUT2D eigenvalue weighted by Crippen LogP contribution is -2.10. The van der Waals surface area contributed by atoms with Crippen LogP contribution in [-0.2, 0) is 10.2 Å². The van der Waals surface area contributed by atoms with Gasteiger partial charge in [-0.25, -0.2) is 4.98 Å². The molecule has 1 heterocycles. The predicted octanol–water partition coefficient (Wildman–Crippen LogP) is 4.34. The van der Waals surface area contributed by atoms with E-state index in [0.29, 0.717) is 5.82 Å². The minimum absolute atomic E-state index is 0.136. The topological polar surface area (TPSA) is 42.0 Å². The lowest BCUT2D eigenvalue weighted by molar-refractivity contribution is -0.111. The number of carbonyl (C=O) groups is 1. The van der Waals surface area contributed by atoms with E-state index < -0.39 is 0 Å². The van der Waals surface area contributed by atoms with Gasteiger partial charge in [-0.15, -0.1) is 0 Å². The molecule has 2 rings (SSSR count). The molecule has 3 nitrogen and oxygen atoms in total. The minimum Gasteiger partial charge on any atom is -0.307 e. The van der Waals surface area contributed by atoms with Crippen molar-refractivity contribution in [3.63, 3.8) is 0 Å². The first-order chi connectivity index (χ1) is 10.3. The van der Waals surface area contributed by atoms with E-state index in [1.165, 1.54) is 11.6 Å². The second-order valence-electron chi connectivity index (χ2n) is 6.42. The Balaban J connectivity index is 1.99. The van der Waals surface area contributed by atoms with E-state index in [0.717, 1.165) is 11.1 Å². The number of benzene rings is 1. The van der Waals surface area contributed by atoms with Crippen molar-refractivity contribution in [1.82, 2.24) is 4.98 Å². The average molecular weight is 294 g/mol. The highest BCUT2D eigenvalue weighted by atomic mass is 16.1. The summed E-state index contributed by atoms with van der Waals surface area (Å²) >= 11 is 0. The normalized spacial score (nSPS) is 11.6. The van der Waals surface area contributed by atoms with Crippen LogP contribution in [0.15, 0.2) is 48.7 Å². The minimum atomic E-state index is -0.184. The quantitative estimate of drug-likeness (QED) is 0.856. The van der Waals surface area contributed by atoms with Crippen LogP contribution in [0.25, 0.3) is 6.08 Å². The van der Waals surface area contributed by atoms with Gasteiger partial charge in [0.25, 0.3) is 0 Å². The second kappa shape index (κ2) is 6.56. The van der Waals surface area contributed by atoms with Crippen molar-refractivity contribution in [1.29, 1.82) is 0 Å². The fourth-order valence-corrected chi connectivity index (χ4v) is 1.98. The van der Waals surface area contributed by atoms with Crippen LogP contribution in [0, 0.1) is 6.92 Å². The van der Waals surface area contributed by atoms with Gasteiger partial charge in [0.1, 0.15) is 5.82 Å². The average Bonchev–Trinajstić information content (AvgIpc) is 2.47. The molecule has 0 atom stereocenters. The van der Waals surface area contributed by atoms with Gasteiger partial charge in [0.15, 0.2) is 0 Å². The van der Waals surface area contributed by atoms with E-state index >= 15 is 0 Å². The van der Waals surface area contributed by atoms with E-state index in [1.54, 1.807) is 18.3 Å². The Hall–Kier alpha value is -2.42. The molecule has 2 aromatic rings. The maximum Gasteiger partial charge on any atom is 0.249 e. The number of pyridine rings is 1. The Morgan fingerprint density at radius 3 is 2.32 bits per heavy atom. The van der Waals surface area contributed by atoms with Crippen molar-refractivity contribution < 1.29 is 4.79 Å². The number of rotatable bonds is 3. The molecule has 0 fully saturated rings. The number of carbonyl (C=O) groups excluding carboxylic acids is 1. The van der Waals surface area contributed by atoms with Crippen molar-refractivity contribution in [2.24, 2.45) is 0 Å². The number of hydrogen-bond acceptors (Lipinski definition) is 2. The van der Waals surface area contributed by atoms with Crippen LogP contribution >= 0.6 is 0 Å². The number of aryl methyl sites for hydroxylation is 1. The van der Waals surface area contributed by atoms with Crippen LogP contribution in [0.3, 0.4) is 0 Å². The summed E-state index contributed by atoms with van der Waals surface area (Å²) in [7, 11) is 0. The van der Waals surface area contributed by atoms with Gasteiger partial charge >= 0.3 is 0 Å². The molecule has 0 saturated carbocycles. The van der Waals surface area contributed by atoms with E-state index in [4.69, 9.17) is 0 Å². The lowest BCUT2D eigenvalue weighted by atomic mass is 9.87. The van der Waals surface area contributed by atoms with Crippen LogP contribution in [0.5, 0.6) is 0 Å². The summed E-state index contributed by atoms with van der Waals surface area (Å²) in [4.78, 5) is 16.0. The summed E-state index contributed by atoms with van der Waals surface area (Å²) in [6.07, 6.45) is 5.05. The van der Waals surface area contributed by atoms with Crippen LogP contribution < -0.4 is 5.32 Å². The first-order valence-electron chi connectivity index (χ1n) is 7.37.